The first-order valence-corrected chi connectivity index (χ1v) is 11.6. The van der Waals surface area contributed by atoms with Crippen LogP contribution in [0.2, 0.25) is 5.02 Å². The molecule has 1 aliphatic rings. The monoisotopic (exact) mass is 450 g/mol. The fraction of sp³-hybridized carbons (Fsp3) is 0.520. The molecule has 0 radical (unpaired) electrons. The highest BCUT2D eigenvalue weighted by atomic mass is 35.5. The molecule has 1 fully saturated rings. The SMILES string of the molecule is CCCCCCCCc1ccc(N2CCNCC2COc2ccc(Cl)cc2)cc1.Cl. The van der Waals surface area contributed by atoms with Gasteiger partial charge < -0.3 is 15.0 Å². The van der Waals surface area contributed by atoms with Crippen LogP contribution >= 0.6 is 24.0 Å². The van der Waals surface area contributed by atoms with Gasteiger partial charge in [0.25, 0.3) is 0 Å². The maximum absolute atomic E-state index is 6.03. The third-order valence-electron chi connectivity index (χ3n) is 5.69. The smallest absolute Gasteiger partial charge is 0.119 e. The maximum Gasteiger partial charge on any atom is 0.119 e. The Morgan fingerprint density at radius 3 is 2.40 bits per heavy atom. The Morgan fingerprint density at radius 1 is 0.967 bits per heavy atom. The number of ether oxygens (including phenoxy) is 1. The number of hydrogen-bond acceptors (Lipinski definition) is 3. The van der Waals surface area contributed by atoms with Crippen LogP contribution in [-0.4, -0.2) is 32.3 Å². The van der Waals surface area contributed by atoms with E-state index in [0.717, 1.165) is 30.4 Å². The quantitative estimate of drug-likeness (QED) is 0.394. The lowest BCUT2D eigenvalue weighted by Crippen LogP contribution is -2.54. The van der Waals surface area contributed by atoms with E-state index < -0.39 is 0 Å². The maximum atomic E-state index is 6.03. The van der Waals surface area contributed by atoms with Crippen LogP contribution in [0.15, 0.2) is 48.5 Å². The Labute approximate surface area is 193 Å². The highest BCUT2D eigenvalue weighted by molar-refractivity contribution is 6.30. The minimum absolute atomic E-state index is 0. The first kappa shape index (κ1) is 24.8. The van der Waals surface area contributed by atoms with E-state index in [-0.39, 0.29) is 12.4 Å². The van der Waals surface area contributed by atoms with Crippen molar-refractivity contribution in [1.82, 2.24) is 5.32 Å². The molecule has 5 heteroatoms. The average molecular weight is 451 g/mol. The molecular weight excluding hydrogens is 415 g/mol. The number of unbranched alkanes of at least 4 members (excludes halogenated alkanes) is 5. The topological polar surface area (TPSA) is 24.5 Å². The van der Waals surface area contributed by atoms with E-state index in [0.29, 0.717) is 12.6 Å². The first-order chi connectivity index (χ1) is 14.3. The number of anilines is 1. The molecule has 1 atom stereocenters. The highest BCUT2D eigenvalue weighted by Crippen LogP contribution is 2.22. The van der Waals surface area contributed by atoms with Gasteiger partial charge in [-0.3, -0.25) is 0 Å². The standard InChI is InChI=1S/C25H35ClN2O.ClH/c1-2-3-4-5-6-7-8-21-9-13-23(14-10-21)28-18-17-27-19-24(28)20-29-25-15-11-22(26)12-16-25;/h9-16,24,27H,2-8,17-20H2,1H3;1H. The van der Waals surface area contributed by atoms with E-state index in [2.05, 4.69) is 41.4 Å². The van der Waals surface area contributed by atoms with Crippen molar-refractivity contribution in [2.45, 2.75) is 57.9 Å². The van der Waals surface area contributed by atoms with Gasteiger partial charge in [-0.15, -0.1) is 12.4 Å². The van der Waals surface area contributed by atoms with E-state index in [1.807, 2.05) is 24.3 Å². The van der Waals surface area contributed by atoms with Crippen LogP contribution in [0.25, 0.3) is 0 Å². The summed E-state index contributed by atoms with van der Waals surface area (Å²) in [6, 6.07) is 17.1. The zero-order valence-corrected chi connectivity index (χ0v) is 19.7. The molecule has 1 N–H and O–H groups in total. The van der Waals surface area contributed by atoms with Gasteiger partial charge in [0.2, 0.25) is 0 Å². The van der Waals surface area contributed by atoms with Crippen molar-refractivity contribution >= 4 is 29.7 Å². The number of hydrogen-bond donors (Lipinski definition) is 1. The summed E-state index contributed by atoms with van der Waals surface area (Å²) in [6.07, 6.45) is 9.30. The van der Waals surface area contributed by atoms with Crippen molar-refractivity contribution in [2.75, 3.05) is 31.1 Å². The third-order valence-corrected chi connectivity index (χ3v) is 5.95. The van der Waals surface area contributed by atoms with Crippen molar-refractivity contribution < 1.29 is 4.74 Å². The Hall–Kier alpha value is -1.42. The summed E-state index contributed by atoms with van der Waals surface area (Å²) in [5.41, 5.74) is 2.75. The zero-order valence-electron chi connectivity index (χ0n) is 18.1. The molecule has 1 heterocycles. The minimum Gasteiger partial charge on any atom is -0.491 e. The predicted molar refractivity (Wildman–Crippen MR) is 132 cm³/mol. The Kier molecular flexibility index (Phi) is 11.4. The molecule has 0 bridgehead atoms. The van der Waals surface area contributed by atoms with Crippen molar-refractivity contribution in [1.29, 1.82) is 0 Å². The molecule has 166 valence electrons. The van der Waals surface area contributed by atoms with Gasteiger partial charge in [0, 0.05) is 30.3 Å². The number of rotatable bonds is 11. The molecule has 0 aliphatic carbocycles. The molecule has 0 saturated carbocycles. The molecule has 2 aromatic rings. The molecular formula is C25H36Cl2N2O. The lowest BCUT2D eigenvalue weighted by atomic mass is 10.0. The van der Waals surface area contributed by atoms with E-state index >= 15 is 0 Å². The number of halogens is 2. The Bertz CT molecular complexity index is 706. The Balaban J connectivity index is 0.00000320. The van der Waals surface area contributed by atoms with Crippen LogP contribution < -0.4 is 15.0 Å². The molecule has 1 aliphatic heterocycles. The summed E-state index contributed by atoms with van der Waals surface area (Å²) in [7, 11) is 0. The molecule has 0 amide bonds. The normalized spacial score (nSPS) is 16.2. The second-order valence-electron chi connectivity index (χ2n) is 8.00. The van der Waals surface area contributed by atoms with Gasteiger partial charge in [-0.2, -0.15) is 0 Å². The van der Waals surface area contributed by atoms with Crippen LogP contribution in [0.4, 0.5) is 5.69 Å². The van der Waals surface area contributed by atoms with Crippen LogP contribution in [-0.2, 0) is 6.42 Å². The van der Waals surface area contributed by atoms with Crippen LogP contribution in [0, 0.1) is 0 Å². The summed E-state index contributed by atoms with van der Waals surface area (Å²) in [6.45, 7) is 5.89. The summed E-state index contributed by atoms with van der Waals surface area (Å²) < 4.78 is 6.03. The van der Waals surface area contributed by atoms with Crippen LogP contribution in [0.3, 0.4) is 0 Å². The van der Waals surface area contributed by atoms with Gasteiger partial charge >= 0.3 is 0 Å². The first-order valence-electron chi connectivity index (χ1n) is 11.2. The lowest BCUT2D eigenvalue weighted by Gasteiger charge is -2.37. The van der Waals surface area contributed by atoms with Crippen LogP contribution in [0.5, 0.6) is 5.75 Å². The number of nitrogens with one attached hydrogen (secondary N) is 1. The van der Waals surface area contributed by atoms with Crippen LogP contribution in [0.1, 0.15) is 51.0 Å². The molecule has 3 nitrogen and oxygen atoms in total. The fourth-order valence-corrected chi connectivity index (χ4v) is 4.06. The molecule has 0 aromatic heterocycles. The fourth-order valence-electron chi connectivity index (χ4n) is 3.94. The van der Waals surface area contributed by atoms with E-state index in [1.54, 1.807) is 0 Å². The van der Waals surface area contributed by atoms with Gasteiger partial charge in [-0.25, -0.2) is 0 Å². The van der Waals surface area contributed by atoms with E-state index in [9.17, 15) is 0 Å². The second-order valence-corrected chi connectivity index (χ2v) is 8.44. The second kappa shape index (κ2) is 13.8. The van der Waals surface area contributed by atoms with Gasteiger partial charge in [0.1, 0.15) is 12.4 Å². The van der Waals surface area contributed by atoms with Gasteiger partial charge in [0.15, 0.2) is 0 Å². The van der Waals surface area contributed by atoms with Crippen molar-refractivity contribution in [3.8, 4) is 5.75 Å². The largest absolute Gasteiger partial charge is 0.491 e. The van der Waals surface area contributed by atoms with Gasteiger partial charge in [0.05, 0.1) is 6.04 Å². The number of nitrogens with zero attached hydrogens (tertiary/aromatic N) is 1. The lowest BCUT2D eigenvalue weighted by molar-refractivity contribution is 0.267. The van der Waals surface area contributed by atoms with Gasteiger partial charge in [-0.05, 0) is 54.8 Å². The zero-order chi connectivity index (χ0) is 20.3. The molecule has 3 rings (SSSR count). The van der Waals surface area contributed by atoms with E-state index in [1.165, 1.54) is 56.2 Å². The minimum atomic E-state index is 0. The van der Waals surface area contributed by atoms with Crippen molar-refractivity contribution in [3.63, 3.8) is 0 Å². The summed E-state index contributed by atoms with van der Waals surface area (Å²) >= 11 is 5.96. The molecule has 30 heavy (non-hydrogen) atoms. The molecule has 1 saturated heterocycles. The highest BCUT2D eigenvalue weighted by Gasteiger charge is 2.23. The number of aryl methyl sites for hydroxylation is 1. The number of benzene rings is 2. The van der Waals surface area contributed by atoms with E-state index in [4.69, 9.17) is 16.3 Å². The summed E-state index contributed by atoms with van der Waals surface area (Å²) in [5.74, 6) is 0.870. The number of piperazine rings is 1. The predicted octanol–water partition coefficient (Wildman–Crippen LogP) is 6.52. The van der Waals surface area contributed by atoms with Gasteiger partial charge in [-0.1, -0.05) is 62.8 Å². The summed E-state index contributed by atoms with van der Waals surface area (Å²) in [4.78, 5) is 2.47. The molecule has 0 spiro atoms. The molecule has 2 aromatic carbocycles. The third kappa shape index (κ3) is 8.02. The molecule has 1 unspecified atom stereocenters. The van der Waals surface area contributed by atoms with Crippen molar-refractivity contribution in [3.05, 3.63) is 59.1 Å². The summed E-state index contributed by atoms with van der Waals surface area (Å²) in [5, 5.41) is 4.23. The Morgan fingerprint density at radius 2 is 1.67 bits per heavy atom. The average Bonchev–Trinajstić information content (AvgIpc) is 2.76. The van der Waals surface area contributed by atoms with Crippen molar-refractivity contribution in [2.24, 2.45) is 0 Å².